The Kier molecular flexibility index (Phi) is 9.03. The van der Waals surface area contributed by atoms with Crippen molar-refractivity contribution in [2.45, 2.75) is 37.3 Å². The summed E-state index contributed by atoms with van der Waals surface area (Å²) in [7, 11) is 1.40. The van der Waals surface area contributed by atoms with Gasteiger partial charge in [-0.2, -0.15) is 22.0 Å². The van der Waals surface area contributed by atoms with Crippen LogP contribution in [0.15, 0.2) is 83.5 Å². The zero-order chi connectivity index (χ0) is 34.9. The van der Waals surface area contributed by atoms with Gasteiger partial charge in [0.25, 0.3) is 11.8 Å². The first-order valence-corrected chi connectivity index (χ1v) is 14.9. The average Bonchev–Trinajstić information content (AvgIpc) is 3.44. The third kappa shape index (κ3) is 7.06. The van der Waals surface area contributed by atoms with Crippen molar-refractivity contribution in [1.82, 2.24) is 20.6 Å². The molecule has 2 aromatic heterocycles. The van der Waals surface area contributed by atoms with Gasteiger partial charge in [0.05, 0.1) is 11.7 Å². The van der Waals surface area contributed by atoms with E-state index < -0.39 is 48.6 Å². The van der Waals surface area contributed by atoms with Gasteiger partial charge >= 0.3 is 12.8 Å². The standard InChI is InChI=1S/C34H27F6N5O4/c1-41-30(47)27-24-13-23(25(44-17-34(38,39)40)14-26(24)49-28(27)18-6-8-21(35)9-7-18)19-4-2-5-20(12-19)29(46)45-33(31-42-10-3-11-43-31)15-22(16-33)48-32(36)37/h2-14,22,32,44H,15-17H2,1H3,(H,41,47)(H,45,46). The van der Waals surface area contributed by atoms with Crippen LogP contribution in [0, 0.1) is 5.82 Å². The normalized spacial score (nSPS) is 17.5. The Balaban J connectivity index is 1.41. The molecule has 0 bridgehead atoms. The number of hydrogen-bond donors (Lipinski definition) is 3. The minimum Gasteiger partial charge on any atom is -0.455 e. The van der Waals surface area contributed by atoms with Gasteiger partial charge in [0.2, 0.25) is 0 Å². The number of nitrogens with zero attached hydrogens (tertiary/aromatic N) is 2. The lowest BCUT2D eigenvalue weighted by Crippen LogP contribution is -2.58. The average molecular weight is 684 g/mol. The van der Waals surface area contributed by atoms with Crippen LogP contribution in [0.5, 0.6) is 0 Å². The van der Waals surface area contributed by atoms with Crippen LogP contribution in [0.4, 0.5) is 32.0 Å². The highest BCUT2D eigenvalue weighted by atomic mass is 19.4. The third-order valence-electron chi connectivity index (χ3n) is 8.10. The largest absolute Gasteiger partial charge is 0.455 e. The summed E-state index contributed by atoms with van der Waals surface area (Å²) < 4.78 is 90.2. The summed E-state index contributed by atoms with van der Waals surface area (Å²) in [6.45, 7) is -4.41. The number of fused-ring (bicyclic) bond motifs is 1. The van der Waals surface area contributed by atoms with Gasteiger partial charge in [0, 0.05) is 66.1 Å². The number of nitrogens with one attached hydrogen (secondary N) is 3. The number of ether oxygens (including phenoxy) is 1. The monoisotopic (exact) mass is 683 g/mol. The van der Waals surface area contributed by atoms with Gasteiger partial charge < -0.3 is 25.1 Å². The molecule has 2 heterocycles. The zero-order valence-electron chi connectivity index (χ0n) is 25.6. The second-order valence-electron chi connectivity index (χ2n) is 11.4. The lowest BCUT2D eigenvalue weighted by molar-refractivity contribution is -0.198. The summed E-state index contributed by atoms with van der Waals surface area (Å²) in [6.07, 6.45) is -2.58. The van der Waals surface area contributed by atoms with Crippen molar-refractivity contribution in [2.75, 3.05) is 18.9 Å². The summed E-state index contributed by atoms with van der Waals surface area (Å²) in [5.74, 6) is -1.42. The fraction of sp³-hybridized carbons (Fsp3) is 0.235. The summed E-state index contributed by atoms with van der Waals surface area (Å²) in [6, 6.07) is 15.5. The fourth-order valence-electron chi connectivity index (χ4n) is 5.84. The Morgan fingerprint density at radius 2 is 1.69 bits per heavy atom. The number of rotatable bonds is 10. The van der Waals surface area contributed by atoms with Crippen molar-refractivity contribution in [3.63, 3.8) is 0 Å². The van der Waals surface area contributed by atoms with Crippen LogP contribution in [0.1, 0.15) is 39.4 Å². The van der Waals surface area contributed by atoms with Crippen LogP contribution in [0.25, 0.3) is 33.4 Å². The molecule has 0 radical (unpaired) electrons. The van der Waals surface area contributed by atoms with Crippen LogP contribution < -0.4 is 16.0 Å². The second kappa shape index (κ2) is 13.2. The van der Waals surface area contributed by atoms with Crippen LogP contribution in [0.2, 0.25) is 0 Å². The van der Waals surface area contributed by atoms with Crippen LogP contribution >= 0.6 is 0 Å². The van der Waals surface area contributed by atoms with E-state index in [1.807, 2.05) is 0 Å². The van der Waals surface area contributed by atoms with Gasteiger partial charge in [0.15, 0.2) is 5.82 Å². The molecule has 15 heteroatoms. The number of benzene rings is 3. The zero-order valence-corrected chi connectivity index (χ0v) is 25.6. The summed E-state index contributed by atoms with van der Waals surface area (Å²) in [5.41, 5.74) is -0.101. The van der Waals surface area contributed by atoms with Gasteiger partial charge in [-0.25, -0.2) is 14.4 Å². The van der Waals surface area contributed by atoms with E-state index in [-0.39, 0.29) is 57.8 Å². The molecular weight excluding hydrogens is 656 g/mol. The molecule has 3 N–H and O–H groups in total. The molecule has 0 spiro atoms. The van der Waals surface area contributed by atoms with Crippen LogP contribution in [-0.4, -0.2) is 54.3 Å². The predicted octanol–water partition coefficient (Wildman–Crippen LogP) is 7.06. The van der Waals surface area contributed by atoms with E-state index in [2.05, 4.69) is 30.7 Å². The summed E-state index contributed by atoms with van der Waals surface area (Å²) >= 11 is 0. The van der Waals surface area contributed by atoms with Crippen LogP contribution in [-0.2, 0) is 10.3 Å². The van der Waals surface area contributed by atoms with Crippen molar-refractivity contribution >= 4 is 28.5 Å². The molecular formula is C34H27F6N5O4. The number of amides is 2. The lowest BCUT2D eigenvalue weighted by Gasteiger charge is -2.46. The van der Waals surface area contributed by atoms with E-state index in [9.17, 15) is 35.9 Å². The molecule has 0 atom stereocenters. The number of carbonyl (C=O) groups excluding carboxylic acids is 2. The van der Waals surface area contributed by atoms with Crippen molar-refractivity contribution in [3.8, 4) is 22.5 Å². The van der Waals surface area contributed by atoms with E-state index >= 15 is 0 Å². The van der Waals surface area contributed by atoms with E-state index in [1.54, 1.807) is 12.1 Å². The molecule has 49 heavy (non-hydrogen) atoms. The fourth-order valence-corrected chi connectivity index (χ4v) is 5.84. The Hall–Kier alpha value is -5.44. The summed E-state index contributed by atoms with van der Waals surface area (Å²) in [5, 5.41) is 8.01. The highest BCUT2D eigenvalue weighted by Crippen LogP contribution is 2.43. The topological polar surface area (TPSA) is 118 Å². The van der Waals surface area contributed by atoms with Crippen molar-refractivity contribution in [3.05, 3.63) is 102 Å². The Bertz CT molecular complexity index is 1990. The molecule has 0 saturated heterocycles. The maximum absolute atomic E-state index is 13.7. The molecule has 1 saturated carbocycles. The number of furan rings is 1. The van der Waals surface area contributed by atoms with E-state index in [0.29, 0.717) is 11.1 Å². The number of alkyl halides is 5. The second-order valence-corrected chi connectivity index (χ2v) is 11.4. The first-order chi connectivity index (χ1) is 23.4. The van der Waals surface area contributed by atoms with Gasteiger partial charge in [-0.3, -0.25) is 9.59 Å². The van der Waals surface area contributed by atoms with Gasteiger partial charge in [-0.15, -0.1) is 0 Å². The van der Waals surface area contributed by atoms with Crippen molar-refractivity contribution in [1.29, 1.82) is 0 Å². The number of aromatic nitrogens is 2. The van der Waals surface area contributed by atoms with Gasteiger partial charge in [-0.05, 0) is 54.1 Å². The highest BCUT2D eigenvalue weighted by Gasteiger charge is 2.50. The molecule has 1 aliphatic carbocycles. The number of carbonyl (C=O) groups is 2. The minimum atomic E-state index is -4.59. The van der Waals surface area contributed by atoms with Crippen molar-refractivity contribution < 1.29 is 45.1 Å². The summed E-state index contributed by atoms with van der Waals surface area (Å²) in [4.78, 5) is 35.2. The number of hydrogen-bond acceptors (Lipinski definition) is 7. The van der Waals surface area contributed by atoms with Crippen molar-refractivity contribution in [2.24, 2.45) is 0 Å². The number of halogens is 6. The number of anilines is 1. The molecule has 0 unspecified atom stereocenters. The molecule has 9 nitrogen and oxygen atoms in total. The minimum absolute atomic E-state index is 0.00890. The third-order valence-corrected chi connectivity index (χ3v) is 8.10. The first kappa shape index (κ1) is 33.5. The maximum Gasteiger partial charge on any atom is 0.405 e. The highest BCUT2D eigenvalue weighted by molar-refractivity contribution is 6.13. The van der Waals surface area contributed by atoms with E-state index in [0.717, 1.165) is 0 Å². The van der Waals surface area contributed by atoms with Gasteiger partial charge in [0.1, 0.15) is 29.2 Å². The molecule has 254 valence electrons. The molecule has 6 rings (SSSR count). The Morgan fingerprint density at radius 3 is 2.35 bits per heavy atom. The quantitative estimate of drug-likeness (QED) is 0.135. The smallest absolute Gasteiger partial charge is 0.405 e. The first-order valence-electron chi connectivity index (χ1n) is 14.9. The molecule has 1 aliphatic rings. The molecule has 2 amide bonds. The molecule has 3 aromatic carbocycles. The van der Waals surface area contributed by atoms with Gasteiger partial charge in [-0.1, -0.05) is 12.1 Å². The molecule has 1 fully saturated rings. The van der Waals surface area contributed by atoms with Crippen LogP contribution in [0.3, 0.4) is 0 Å². The Morgan fingerprint density at radius 1 is 0.980 bits per heavy atom. The van der Waals surface area contributed by atoms with E-state index in [1.165, 1.54) is 74.0 Å². The predicted molar refractivity (Wildman–Crippen MR) is 166 cm³/mol. The molecule has 5 aromatic rings. The maximum atomic E-state index is 13.7. The lowest BCUT2D eigenvalue weighted by atomic mass is 9.73. The molecule has 0 aliphatic heterocycles. The SMILES string of the molecule is CNC(=O)c1c(-c2ccc(F)cc2)oc2cc(NCC(F)(F)F)c(-c3cccc(C(=O)NC4(c5ncccn5)CC(OC(F)F)C4)c3)cc12. The Labute approximate surface area is 274 Å². The van der Waals surface area contributed by atoms with E-state index in [4.69, 9.17) is 4.42 Å².